The van der Waals surface area contributed by atoms with Crippen LogP contribution in [0.1, 0.15) is 22.5 Å². The third-order valence-corrected chi connectivity index (χ3v) is 4.81. The normalized spacial score (nSPS) is 16.1. The van der Waals surface area contributed by atoms with Gasteiger partial charge < -0.3 is 19.3 Å². The predicted molar refractivity (Wildman–Crippen MR) is 97.6 cm³/mol. The van der Waals surface area contributed by atoms with Gasteiger partial charge in [0.15, 0.2) is 11.5 Å². The minimum absolute atomic E-state index is 0.0565. The molecule has 1 aromatic heterocycles. The molecule has 2 aliphatic rings. The Bertz CT molecular complexity index is 840. The summed E-state index contributed by atoms with van der Waals surface area (Å²) in [5, 5.41) is 0. The van der Waals surface area contributed by atoms with E-state index in [1.807, 2.05) is 23.1 Å². The molecule has 0 atom stereocenters. The third kappa shape index (κ3) is 3.86. The molecule has 7 heteroatoms. The van der Waals surface area contributed by atoms with Crippen LogP contribution in [0.4, 0.5) is 0 Å². The number of hydrogen-bond acceptors (Lipinski definition) is 5. The molecular weight excluding hydrogens is 346 g/mol. The Morgan fingerprint density at radius 3 is 2.63 bits per heavy atom. The average Bonchev–Trinajstić information content (AvgIpc) is 3.02. The molecule has 0 aliphatic carbocycles. The van der Waals surface area contributed by atoms with E-state index in [1.54, 1.807) is 29.3 Å². The van der Waals surface area contributed by atoms with Gasteiger partial charge in [0.25, 0.3) is 5.91 Å². The number of fused-ring (bicyclic) bond motifs is 1. The SMILES string of the molecule is O=C(Cc1ccc2c(c1)OCO2)N1CCCN(C(=O)c2ccccn2)CC1. The topological polar surface area (TPSA) is 72.0 Å². The van der Waals surface area contributed by atoms with E-state index in [0.717, 1.165) is 12.0 Å². The number of hydrogen-bond donors (Lipinski definition) is 0. The molecule has 3 heterocycles. The minimum atomic E-state index is -0.0827. The Labute approximate surface area is 157 Å². The summed E-state index contributed by atoms with van der Waals surface area (Å²) in [7, 11) is 0. The molecule has 7 nitrogen and oxygen atoms in total. The van der Waals surface area contributed by atoms with Gasteiger partial charge in [0.05, 0.1) is 6.42 Å². The Morgan fingerprint density at radius 1 is 0.963 bits per heavy atom. The molecule has 0 spiro atoms. The molecule has 0 saturated carbocycles. The van der Waals surface area contributed by atoms with E-state index in [2.05, 4.69) is 4.98 Å². The van der Waals surface area contributed by atoms with Crippen LogP contribution in [0.5, 0.6) is 11.5 Å². The van der Waals surface area contributed by atoms with Crippen LogP contribution in [0.2, 0.25) is 0 Å². The molecule has 1 fully saturated rings. The molecule has 2 aromatic rings. The van der Waals surface area contributed by atoms with E-state index in [1.165, 1.54) is 0 Å². The van der Waals surface area contributed by atoms with Crippen molar-refractivity contribution in [2.24, 2.45) is 0 Å². The van der Waals surface area contributed by atoms with Gasteiger partial charge in [-0.15, -0.1) is 0 Å². The maximum absolute atomic E-state index is 12.7. The van der Waals surface area contributed by atoms with Crippen LogP contribution < -0.4 is 9.47 Å². The summed E-state index contributed by atoms with van der Waals surface area (Å²) >= 11 is 0. The zero-order valence-electron chi connectivity index (χ0n) is 15.0. The average molecular weight is 367 g/mol. The van der Waals surface area contributed by atoms with Crippen molar-refractivity contribution in [2.75, 3.05) is 33.0 Å². The Kier molecular flexibility index (Phi) is 4.91. The molecule has 1 aromatic carbocycles. The van der Waals surface area contributed by atoms with Gasteiger partial charge in [-0.2, -0.15) is 0 Å². The second-order valence-corrected chi connectivity index (χ2v) is 6.61. The van der Waals surface area contributed by atoms with Gasteiger partial charge in [0.2, 0.25) is 12.7 Å². The van der Waals surface area contributed by atoms with Gasteiger partial charge in [-0.3, -0.25) is 14.6 Å². The zero-order chi connectivity index (χ0) is 18.6. The van der Waals surface area contributed by atoms with E-state index in [-0.39, 0.29) is 18.6 Å². The highest BCUT2D eigenvalue weighted by atomic mass is 16.7. The molecule has 1 saturated heterocycles. The van der Waals surface area contributed by atoms with Gasteiger partial charge >= 0.3 is 0 Å². The fraction of sp³-hybridized carbons (Fsp3) is 0.350. The quantitative estimate of drug-likeness (QED) is 0.826. The molecule has 27 heavy (non-hydrogen) atoms. The number of pyridine rings is 1. The number of amides is 2. The first-order chi connectivity index (χ1) is 13.2. The fourth-order valence-corrected chi connectivity index (χ4v) is 3.36. The number of carbonyl (C=O) groups is 2. The van der Waals surface area contributed by atoms with Crippen LogP contribution in [0.3, 0.4) is 0 Å². The van der Waals surface area contributed by atoms with Crippen molar-refractivity contribution >= 4 is 11.8 Å². The number of aromatic nitrogens is 1. The molecule has 0 unspecified atom stereocenters. The predicted octanol–water partition coefficient (Wildman–Crippen LogP) is 1.73. The highest BCUT2D eigenvalue weighted by molar-refractivity contribution is 5.92. The minimum Gasteiger partial charge on any atom is -0.454 e. The van der Waals surface area contributed by atoms with Crippen molar-refractivity contribution < 1.29 is 19.1 Å². The van der Waals surface area contributed by atoms with Crippen molar-refractivity contribution in [3.05, 3.63) is 53.9 Å². The smallest absolute Gasteiger partial charge is 0.272 e. The zero-order valence-corrected chi connectivity index (χ0v) is 15.0. The fourth-order valence-electron chi connectivity index (χ4n) is 3.36. The molecule has 0 radical (unpaired) electrons. The number of benzene rings is 1. The Hall–Kier alpha value is -3.09. The summed E-state index contributed by atoms with van der Waals surface area (Å²) in [5.74, 6) is 1.37. The standard InChI is InChI=1S/C20H21N3O4/c24-19(13-15-5-6-17-18(12-15)27-14-26-17)22-8-3-9-23(11-10-22)20(25)16-4-1-2-7-21-16/h1-2,4-7,12H,3,8-11,13-14H2. The van der Waals surface area contributed by atoms with E-state index < -0.39 is 0 Å². The van der Waals surface area contributed by atoms with Crippen LogP contribution in [-0.2, 0) is 11.2 Å². The van der Waals surface area contributed by atoms with Gasteiger partial charge in [-0.25, -0.2) is 0 Å². The molecule has 2 amide bonds. The monoisotopic (exact) mass is 367 g/mol. The summed E-state index contributed by atoms with van der Waals surface area (Å²) in [6.45, 7) is 2.54. The molecule has 140 valence electrons. The van der Waals surface area contributed by atoms with Crippen LogP contribution in [0, 0.1) is 0 Å². The van der Waals surface area contributed by atoms with E-state index in [4.69, 9.17) is 9.47 Å². The van der Waals surface area contributed by atoms with Crippen LogP contribution in [0.15, 0.2) is 42.6 Å². The van der Waals surface area contributed by atoms with Gasteiger partial charge in [0, 0.05) is 32.4 Å². The van der Waals surface area contributed by atoms with Gasteiger partial charge in [-0.05, 0) is 36.2 Å². The summed E-state index contributed by atoms with van der Waals surface area (Å²) in [6, 6.07) is 10.9. The third-order valence-electron chi connectivity index (χ3n) is 4.81. The number of rotatable bonds is 3. The highest BCUT2D eigenvalue weighted by Crippen LogP contribution is 2.32. The molecular formula is C20H21N3O4. The lowest BCUT2D eigenvalue weighted by molar-refractivity contribution is -0.130. The number of nitrogens with zero attached hydrogens (tertiary/aromatic N) is 3. The molecule has 0 bridgehead atoms. The lowest BCUT2D eigenvalue weighted by Gasteiger charge is -2.22. The van der Waals surface area contributed by atoms with Gasteiger partial charge in [-0.1, -0.05) is 12.1 Å². The van der Waals surface area contributed by atoms with Crippen molar-refractivity contribution in [3.63, 3.8) is 0 Å². The largest absolute Gasteiger partial charge is 0.454 e. The van der Waals surface area contributed by atoms with Crippen molar-refractivity contribution in [3.8, 4) is 11.5 Å². The summed E-state index contributed by atoms with van der Waals surface area (Å²) < 4.78 is 10.7. The molecule has 4 rings (SSSR count). The van der Waals surface area contributed by atoms with E-state index in [9.17, 15) is 9.59 Å². The summed E-state index contributed by atoms with van der Waals surface area (Å²) in [4.78, 5) is 33.0. The van der Waals surface area contributed by atoms with Crippen LogP contribution >= 0.6 is 0 Å². The lowest BCUT2D eigenvalue weighted by atomic mass is 10.1. The van der Waals surface area contributed by atoms with Gasteiger partial charge in [0.1, 0.15) is 5.69 Å². The van der Waals surface area contributed by atoms with E-state index in [0.29, 0.717) is 49.8 Å². The number of carbonyl (C=O) groups excluding carboxylic acids is 2. The van der Waals surface area contributed by atoms with Crippen molar-refractivity contribution in [2.45, 2.75) is 12.8 Å². The molecule has 2 aliphatic heterocycles. The van der Waals surface area contributed by atoms with E-state index >= 15 is 0 Å². The van der Waals surface area contributed by atoms with Crippen molar-refractivity contribution in [1.82, 2.24) is 14.8 Å². The van der Waals surface area contributed by atoms with Crippen molar-refractivity contribution in [1.29, 1.82) is 0 Å². The summed E-state index contributed by atoms with van der Waals surface area (Å²) in [5.41, 5.74) is 1.34. The number of ether oxygens (including phenoxy) is 2. The lowest BCUT2D eigenvalue weighted by Crippen LogP contribution is -2.38. The molecule has 0 N–H and O–H groups in total. The van der Waals surface area contributed by atoms with Crippen LogP contribution in [0.25, 0.3) is 0 Å². The highest BCUT2D eigenvalue weighted by Gasteiger charge is 2.24. The first-order valence-corrected chi connectivity index (χ1v) is 9.07. The van der Waals surface area contributed by atoms with Crippen LogP contribution in [-0.4, -0.2) is 59.6 Å². The maximum atomic E-state index is 12.7. The maximum Gasteiger partial charge on any atom is 0.272 e. The Morgan fingerprint density at radius 2 is 1.78 bits per heavy atom. The first-order valence-electron chi connectivity index (χ1n) is 9.07. The second-order valence-electron chi connectivity index (χ2n) is 6.61. The first kappa shape index (κ1) is 17.3. The second kappa shape index (κ2) is 7.65. The Balaban J connectivity index is 1.36. The summed E-state index contributed by atoms with van der Waals surface area (Å²) in [6.07, 6.45) is 2.68.